The van der Waals surface area contributed by atoms with Gasteiger partial charge in [0.05, 0.1) is 12.7 Å². The Morgan fingerprint density at radius 2 is 2.07 bits per heavy atom. The van der Waals surface area contributed by atoms with Crippen LogP contribution in [-0.4, -0.2) is 52.9 Å². The third-order valence-corrected chi connectivity index (χ3v) is 4.54. The molecule has 0 amide bonds. The zero-order valence-electron chi connectivity index (χ0n) is 15.7. The fraction of sp³-hybridized carbons (Fsp3) is 0.350. The van der Waals surface area contributed by atoms with E-state index in [2.05, 4.69) is 14.9 Å². The van der Waals surface area contributed by atoms with Crippen molar-refractivity contribution >= 4 is 11.7 Å². The lowest BCUT2D eigenvalue weighted by molar-refractivity contribution is 0.0684. The third kappa shape index (κ3) is 4.69. The van der Waals surface area contributed by atoms with Gasteiger partial charge in [-0.05, 0) is 31.0 Å². The fourth-order valence-electron chi connectivity index (χ4n) is 3.05. The minimum absolute atomic E-state index is 0.0795. The summed E-state index contributed by atoms with van der Waals surface area (Å²) in [6.45, 7) is 6.12. The van der Waals surface area contributed by atoms with E-state index in [4.69, 9.17) is 9.84 Å². The molecule has 1 aliphatic heterocycles. The van der Waals surface area contributed by atoms with Crippen molar-refractivity contribution in [1.82, 2.24) is 9.88 Å². The van der Waals surface area contributed by atoms with Crippen molar-refractivity contribution in [2.75, 3.05) is 26.2 Å². The maximum Gasteiger partial charge on any atom is 0.357 e. The second-order valence-electron chi connectivity index (χ2n) is 6.77. The number of carboxylic acid groups (broad SMARTS) is 1. The number of carbonyl (C=O) groups is 1. The summed E-state index contributed by atoms with van der Waals surface area (Å²) >= 11 is 0. The molecule has 8 heteroatoms. The van der Waals surface area contributed by atoms with E-state index in [1.54, 1.807) is 19.1 Å². The van der Waals surface area contributed by atoms with Crippen LogP contribution in [0.3, 0.4) is 0 Å². The van der Waals surface area contributed by atoms with Crippen molar-refractivity contribution in [2.45, 2.75) is 20.0 Å². The van der Waals surface area contributed by atoms with Gasteiger partial charge < -0.3 is 9.84 Å². The lowest BCUT2D eigenvalue weighted by Gasteiger charge is -2.30. The molecule has 1 atom stereocenters. The van der Waals surface area contributed by atoms with Crippen molar-refractivity contribution in [1.29, 1.82) is 0 Å². The van der Waals surface area contributed by atoms with E-state index in [-0.39, 0.29) is 11.6 Å². The molecule has 0 aliphatic carbocycles. The van der Waals surface area contributed by atoms with Crippen LogP contribution in [0.25, 0.3) is 0 Å². The molecule has 2 aromatic rings. The molecule has 1 aromatic carbocycles. The van der Waals surface area contributed by atoms with Crippen molar-refractivity contribution in [3.63, 3.8) is 0 Å². The molecule has 0 bridgehead atoms. The zero-order chi connectivity index (χ0) is 20.3. The standard InChI is InChI=1S/C20H21F2N3O3/c1-12-3-4-14(7-16(12)21)18(11-25-6-5-23-13(2)10-25)28-15-8-17(22)19(20(26)27)24-9-15/h3-4,7-9,18H,5-6,10-11H2,1-2H3,(H,26,27)/t18-/m1/s1. The van der Waals surface area contributed by atoms with Gasteiger partial charge in [0, 0.05) is 31.4 Å². The number of hydrogen-bond acceptors (Lipinski definition) is 5. The molecule has 0 unspecified atom stereocenters. The molecule has 0 spiro atoms. The summed E-state index contributed by atoms with van der Waals surface area (Å²) in [6, 6.07) is 5.82. The summed E-state index contributed by atoms with van der Waals surface area (Å²) < 4.78 is 34.0. The number of aromatic carboxylic acids is 1. The number of aryl methyl sites for hydroxylation is 1. The number of aromatic nitrogens is 1. The normalized spacial score (nSPS) is 15.8. The number of nitrogens with zero attached hydrogens (tertiary/aromatic N) is 3. The number of hydrogen-bond donors (Lipinski definition) is 1. The number of benzene rings is 1. The van der Waals surface area contributed by atoms with E-state index in [1.807, 2.05) is 6.92 Å². The SMILES string of the molecule is CC1=NCCN(C[C@@H](Oc2cnc(C(=O)O)c(F)c2)c2ccc(C)c(F)c2)C1. The van der Waals surface area contributed by atoms with E-state index < -0.39 is 23.6 Å². The van der Waals surface area contributed by atoms with Crippen LogP contribution < -0.4 is 4.74 Å². The fourth-order valence-corrected chi connectivity index (χ4v) is 3.05. The maximum atomic E-state index is 14.1. The lowest BCUT2D eigenvalue weighted by Crippen LogP contribution is -2.39. The average molecular weight is 389 g/mol. The molecule has 0 fully saturated rings. The molecule has 3 rings (SSSR count). The Kier molecular flexibility index (Phi) is 5.99. The molecule has 1 aliphatic rings. The summed E-state index contributed by atoms with van der Waals surface area (Å²) in [5.41, 5.74) is 1.44. The summed E-state index contributed by atoms with van der Waals surface area (Å²) in [5, 5.41) is 8.91. The lowest BCUT2D eigenvalue weighted by atomic mass is 10.1. The number of carboxylic acids is 1. The minimum atomic E-state index is -1.45. The molecule has 148 valence electrons. The van der Waals surface area contributed by atoms with Gasteiger partial charge in [0.2, 0.25) is 0 Å². The van der Waals surface area contributed by atoms with E-state index in [0.717, 1.165) is 24.5 Å². The maximum absolute atomic E-state index is 14.1. The van der Waals surface area contributed by atoms with Gasteiger partial charge in [0.1, 0.15) is 17.7 Å². The Balaban J connectivity index is 1.87. The molecule has 28 heavy (non-hydrogen) atoms. The van der Waals surface area contributed by atoms with Gasteiger partial charge in [-0.15, -0.1) is 0 Å². The van der Waals surface area contributed by atoms with Crippen LogP contribution in [0.15, 0.2) is 35.5 Å². The van der Waals surface area contributed by atoms with Crippen LogP contribution in [0.5, 0.6) is 5.75 Å². The third-order valence-electron chi connectivity index (χ3n) is 4.54. The van der Waals surface area contributed by atoms with E-state index in [0.29, 0.717) is 30.8 Å². The first-order valence-corrected chi connectivity index (χ1v) is 8.87. The topological polar surface area (TPSA) is 75.0 Å². The highest BCUT2D eigenvalue weighted by Crippen LogP contribution is 2.26. The van der Waals surface area contributed by atoms with Crippen LogP contribution in [-0.2, 0) is 0 Å². The molecule has 0 radical (unpaired) electrons. The molecule has 2 heterocycles. The summed E-state index contributed by atoms with van der Waals surface area (Å²) in [4.78, 5) is 21.0. The summed E-state index contributed by atoms with van der Waals surface area (Å²) in [6.07, 6.45) is 0.574. The molecule has 6 nitrogen and oxygen atoms in total. The predicted octanol–water partition coefficient (Wildman–Crippen LogP) is 3.26. The Labute approximate surface area is 161 Å². The quantitative estimate of drug-likeness (QED) is 0.821. The molecule has 0 saturated heterocycles. The van der Waals surface area contributed by atoms with Crippen LogP contribution in [0, 0.1) is 18.6 Å². The molecule has 1 aromatic heterocycles. The first kappa shape index (κ1) is 19.9. The highest BCUT2D eigenvalue weighted by atomic mass is 19.1. The zero-order valence-corrected chi connectivity index (χ0v) is 15.7. The van der Waals surface area contributed by atoms with Crippen molar-refractivity contribution in [3.05, 3.63) is 58.9 Å². The second kappa shape index (κ2) is 8.43. The second-order valence-corrected chi connectivity index (χ2v) is 6.77. The smallest absolute Gasteiger partial charge is 0.357 e. The first-order valence-electron chi connectivity index (χ1n) is 8.87. The summed E-state index contributed by atoms with van der Waals surface area (Å²) in [7, 11) is 0. The van der Waals surface area contributed by atoms with Gasteiger partial charge in [-0.3, -0.25) is 9.89 Å². The van der Waals surface area contributed by atoms with Gasteiger partial charge in [-0.1, -0.05) is 12.1 Å². The largest absolute Gasteiger partial charge is 0.483 e. The Morgan fingerprint density at radius 1 is 1.29 bits per heavy atom. The number of ether oxygens (including phenoxy) is 1. The summed E-state index contributed by atoms with van der Waals surface area (Å²) in [5.74, 6) is -2.71. The monoisotopic (exact) mass is 389 g/mol. The van der Waals surface area contributed by atoms with Crippen LogP contribution >= 0.6 is 0 Å². The Morgan fingerprint density at radius 3 is 2.71 bits per heavy atom. The number of halogens is 2. The van der Waals surface area contributed by atoms with E-state index >= 15 is 0 Å². The first-order chi connectivity index (χ1) is 13.3. The molecular formula is C20H21F2N3O3. The predicted molar refractivity (Wildman–Crippen MR) is 100 cm³/mol. The van der Waals surface area contributed by atoms with Gasteiger partial charge in [-0.25, -0.2) is 18.6 Å². The Hall–Kier alpha value is -2.87. The number of rotatable bonds is 6. The minimum Gasteiger partial charge on any atom is -0.483 e. The van der Waals surface area contributed by atoms with Gasteiger partial charge in [0.25, 0.3) is 0 Å². The highest BCUT2D eigenvalue weighted by molar-refractivity contribution is 5.85. The molecule has 0 saturated carbocycles. The Bertz CT molecular complexity index is 918. The highest BCUT2D eigenvalue weighted by Gasteiger charge is 2.22. The van der Waals surface area contributed by atoms with Crippen LogP contribution in [0.4, 0.5) is 8.78 Å². The van der Waals surface area contributed by atoms with Gasteiger partial charge in [-0.2, -0.15) is 0 Å². The van der Waals surface area contributed by atoms with Crippen LogP contribution in [0.2, 0.25) is 0 Å². The number of pyridine rings is 1. The van der Waals surface area contributed by atoms with Crippen LogP contribution in [0.1, 0.15) is 34.6 Å². The van der Waals surface area contributed by atoms with E-state index in [9.17, 15) is 13.6 Å². The van der Waals surface area contributed by atoms with Crippen molar-refractivity contribution < 1.29 is 23.4 Å². The van der Waals surface area contributed by atoms with Crippen molar-refractivity contribution in [3.8, 4) is 5.75 Å². The van der Waals surface area contributed by atoms with E-state index in [1.165, 1.54) is 6.07 Å². The van der Waals surface area contributed by atoms with Gasteiger partial charge >= 0.3 is 5.97 Å². The molecular weight excluding hydrogens is 368 g/mol. The molecule has 1 N–H and O–H groups in total. The number of aliphatic imine (C=N–C) groups is 1. The van der Waals surface area contributed by atoms with Gasteiger partial charge in [0.15, 0.2) is 11.5 Å². The average Bonchev–Trinajstić information content (AvgIpc) is 2.63. The van der Waals surface area contributed by atoms with Crippen molar-refractivity contribution in [2.24, 2.45) is 4.99 Å².